The van der Waals surface area contributed by atoms with Gasteiger partial charge in [0.05, 0.1) is 16.6 Å². The molecule has 104 valence electrons. The van der Waals surface area contributed by atoms with Gasteiger partial charge >= 0.3 is 0 Å². The standard InChI is InChI=1S/C17H13N3.ClH/c1-11-10-16(18-13-7-3-2-6-12(11)13)17-19-14-8-4-5-9-15(14)20-17;/h2-10H,1H3,(H,19,20);1H. The van der Waals surface area contributed by atoms with E-state index < -0.39 is 0 Å². The Labute approximate surface area is 128 Å². The first-order chi connectivity index (χ1) is 9.81. The summed E-state index contributed by atoms with van der Waals surface area (Å²) in [5.74, 6) is 0.819. The molecule has 0 aliphatic carbocycles. The van der Waals surface area contributed by atoms with Crippen molar-refractivity contribution < 1.29 is 0 Å². The van der Waals surface area contributed by atoms with Crippen LogP contribution in [0.1, 0.15) is 5.56 Å². The van der Waals surface area contributed by atoms with Gasteiger partial charge in [-0.3, -0.25) is 0 Å². The Kier molecular flexibility index (Phi) is 3.35. The van der Waals surface area contributed by atoms with Gasteiger partial charge in [0.1, 0.15) is 5.69 Å². The van der Waals surface area contributed by atoms with Crippen LogP contribution in [0.25, 0.3) is 33.5 Å². The molecule has 0 fully saturated rings. The maximum Gasteiger partial charge on any atom is 0.157 e. The number of imidazole rings is 1. The molecular weight excluding hydrogens is 282 g/mol. The van der Waals surface area contributed by atoms with Crippen molar-refractivity contribution >= 4 is 34.3 Å². The lowest BCUT2D eigenvalue weighted by molar-refractivity contribution is 1.26. The molecule has 0 atom stereocenters. The fourth-order valence-electron chi connectivity index (χ4n) is 2.54. The number of rotatable bonds is 1. The predicted octanol–water partition coefficient (Wildman–Crippen LogP) is 4.51. The summed E-state index contributed by atoms with van der Waals surface area (Å²) in [6.45, 7) is 2.11. The highest BCUT2D eigenvalue weighted by atomic mass is 35.5. The Morgan fingerprint density at radius 2 is 1.57 bits per heavy atom. The van der Waals surface area contributed by atoms with E-state index in [9.17, 15) is 0 Å². The average molecular weight is 296 g/mol. The third-order valence-corrected chi connectivity index (χ3v) is 3.56. The van der Waals surface area contributed by atoms with Gasteiger partial charge in [-0.2, -0.15) is 0 Å². The second-order valence-corrected chi connectivity index (χ2v) is 4.94. The summed E-state index contributed by atoms with van der Waals surface area (Å²) < 4.78 is 0. The number of halogens is 1. The number of H-pyrrole nitrogens is 1. The Hall–Kier alpha value is -2.39. The van der Waals surface area contributed by atoms with Gasteiger partial charge in [-0.25, -0.2) is 9.97 Å². The number of benzene rings is 2. The zero-order valence-electron chi connectivity index (χ0n) is 11.5. The summed E-state index contributed by atoms with van der Waals surface area (Å²) in [5.41, 5.74) is 5.11. The molecule has 0 aliphatic heterocycles. The summed E-state index contributed by atoms with van der Waals surface area (Å²) in [4.78, 5) is 12.7. The molecule has 0 amide bonds. The van der Waals surface area contributed by atoms with Gasteiger partial charge in [-0.05, 0) is 36.8 Å². The topological polar surface area (TPSA) is 41.6 Å². The van der Waals surface area contributed by atoms with Gasteiger partial charge in [0.25, 0.3) is 0 Å². The fourth-order valence-corrected chi connectivity index (χ4v) is 2.54. The van der Waals surface area contributed by atoms with E-state index in [0.717, 1.165) is 28.1 Å². The molecule has 0 saturated heterocycles. The van der Waals surface area contributed by atoms with Gasteiger partial charge < -0.3 is 4.98 Å². The van der Waals surface area contributed by atoms with E-state index in [1.54, 1.807) is 0 Å². The number of pyridine rings is 1. The Morgan fingerprint density at radius 1 is 0.857 bits per heavy atom. The van der Waals surface area contributed by atoms with Crippen molar-refractivity contribution in [3.05, 3.63) is 60.2 Å². The summed E-state index contributed by atoms with van der Waals surface area (Å²) in [7, 11) is 0. The number of hydrogen-bond acceptors (Lipinski definition) is 2. The molecule has 0 aliphatic rings. The molecule has 4 heteroatoms. The highest BCUT2D eigenvalue weighted by molar-refractivity contribution is 5.86. The normalized spacial score (nSPS) is 10.7. The molecule has 2 aromatic carbocycles. The van der Waals surface area contributed by atoms with Crippen molar-refractivity contribution in [1.29, 1.82) is 0 Å². The second kappa shape index (κ2) is 5.19. The molecule has 0 unspecified atom stereocenters. The number of hydrogen-bond donors (Lipinski definition) is 1. The monoisotopic (exact) mass is 295 g/mol. The van der Waals surface area contributed by atoms with Crippen molar-refractivity contribution in [2.45, 2.75) is 6.92 Å². The summed E-state index contributed by atoms with van der Waals surface area (Å²) in [6, 6.07) is 18.3. The third-order valence-electron chi connectivity index (χ3n) is 3.56. The van der Waals surface area contributed by atoms with Crippen molar-refractivity contribution in [1.82, 2.24) is 15.0 Å². The zero-order chi connectivity index (χ0) is 13.5. The van der Waals surface area contributed by atoms with Crippen molar-refractivity contribution in [3.8, 4) is 11.5 Å². The number of aromatic nitrogens is 3. The largest absolute Gasteiger partial charge is 0.337 e. The quantitative estimate of drug-likeness (QED) is 0.561. The molecule has 3 nitrogen and oxygen atoms in total. The second-order valence-electron chi connectivity index (χ2n) is 4.94. The van der Waals surface area contributed by atoms with Gasteiger partial charge in [0.15, 0.2) is 5.82 Å². The Morgan fingerprint density at radius 3 is 2.38 bits per heavy atom. The predicted molar refractivity (Wildman–Crippen MR) is 88.8 cm³/mol. The number of aryl methyl sites for hydroxylation is 1. The van der Waals surface area contributed by atoms with Crippen LogP contribution in [0.4, 0.5) is 0 Å². The molecule has 0 saturated carbocycles. The molecule has 1 N–H and O–H groups in total. The molecule has 21 heavy (non-hydrogen) atoms. The van der Waals surface area contributed by atoms with Crippen LogP contribution < -0.4 is 0 Å². The highest BCUT2D eigenvalue weighted by Crippen LogP contribution is 2.24. The molecule has 0 bridgehead atoms. The van der Waals surface area contributed by atoms with E-state index in [2.05, 4.69) is 29.0 Å². The maximum absolute atomic E-state index is 4.71. The van der Waals surface area contributed by atoms with Crippen LogP contribution in [0.5, 0.6) is 0 Å². The van der Waals surface area contributed by atoms with Crippen LogP contribution in [0.3, 0.4) is 0 Å². The smallest absolute Gasteiger partial charge is 0.157 e. The summed E-state index contributed by atoms with van der Waals surface area (Å²) in [5, 5.41) is 1.19. The molecule has 4 rings (SSSR count). The van der Waals surface area contributed by atoms with Gasteiger partial charge in [-0.1, -0.05) is 30.3 Å². The fraction of sp³-hybridized carbons (Fsp3) is 0.0588. The van der Waals surface area contributed by atoms with Gasteiger partial charge in [0, 0.05) is 5.39 Å². The molecule has 2 heterocycles. The van der Waals surface area contributed by atoms with E-state index in [1.165, 1.54) is 10.9 Å². The number of para-hydroxylation sites is 3. The van der Waals surface area contributed by atoms with E-state index in [4.69, 9.17) is 4.98 Å². The number of aromatic amines is 1. The first kappa shape index (κ1) is 13.6. The highest BCUT2D eigenvalue weighted by Gasteiger charge is 2.08. The van der Waals surface area contributed by atoms with Crippen LogP contribution in [-0.4, -0.2) is 15.0 Å². The van der Waals surface area contributed by atoms with Crippen LogP contribution in [-0.2, 0) is 0 Å². The maximum atomic E-state index is 4.71. The minimum Gasteiger partial charge on any atom is -0.337 e. The zero-order valence-corrected chi connectivity index (χ0v) is 12.3. The van der Waals surface area contributed by atoms with Crippen LogP contribution in [0.2, 0.25) is 0 Å². The van der Waals surface area contributed by atoms with E-state index in [1.807, 2.05) is 42.5 Å². The van der Waals surface area contributed by atoms with E-state index >= 15 is 0 Å². The Bertz CT molecular complexity index is 895. The molecular formula is C17H14ClN3. The molecule has 0 radical (unpaired) electrons. The van der Waals surface area contributed by atoms with Gasteiger partial charge in [0.2, 0.25) is 0 Å². The first-order valence-corrected chi connectivity index (χ1v) is 6.63. The summed E-state index contributed by atoms with van der Waals surface area (Å²) in [6.07, 6.45) is 0. The van der Waals surface area contributed by atoms with Crippen LogP contribution in [0, 0.1) is 6.92 Å². The first-order valence-electron chi connectivity index (χ1n) is 6.63. The SMILES string of the molecule is Cc1cc(-c2nc3ccccc3[nH]2)nc2ccccc12.Cl. The van der Waals surface area contributed by atoms with Crippen molar-refractivity contribution in [2.24, 2.45) is 0 Å². The lowest BCUT2D eigenvalue weighted by Gasteiger charge is -2.04. The van der Waals surface area contributed by atoms with Crippen LogP contribution >= 0.6 is 12.4 Å². The van der Waals surface area contributed by atoms with Crippen molar-refractivity contribution in [2.75, 3.05) is 0 Å². The van der Waals surface area contributed by atoms with E-state index in [0.29, 0.717) is 0 Å². The lowest BCUT2D eigenvalue weighted by Crippen LogP contribution is -1.89. The van der Waals surface area contributed by atoms with Gasteiger partial charge in [-0.15, -0.1) is 12.4 Å². The Balaban J connectivity index is 0.00000132. The molecule has 4 aromatic rings. The minimum atomic E-state index is 0. The summed E-state index contributed by atoms with van der Waals surface area (Å²) >= 11 is 0. The average Bonchev–Trinajstić information content (AvgIpc) is 2.91. The number of nitrogens with one attached hydrogen (secondary N) is 1. The molecule has 2 aromatic heterocycles. The van der Waals surface area contributed by atoms with Crippen molar-refractivity contribution in [3.63, 3.8) is 0 Å². The third kappa shape index (κ3) is 2.26. The lowest BCUT2D eigenvalue weighted by atomic mass is 10.1. The van der Waals surface area contributed by atoms with E-state index in [-0.39, 0.29) is 12.4 Å². The minimum absolute atomic E-state index is 0. The molecule has 0 spiro atoms. The van der Waals surface area contributed by atoms with Crippen LogP contribution in [0.15, 0.2) is 54.6 Å². The number of fused-ring (bicyclic) bond motifs is 2. The number of nitrogens with zero attached hydrogens (tertiary/aromatic N) is 2.